The summed E-state index contributed by atoms with van der Waals surface area (Å²) < 4.78 is 26.0. The molecule has 2 N–H and O–H groups in total. The lowest BCUT2D eigenvalue weighted by Gasteiger charge is -2.10. The van der Waals surface area contributed by atoms with Crippen molar-refractivity contribution < 1.29 is 12.6 Å². The summed E-state index contributed by atoms with van der Waals surface area (Å²) in [5.41, 5.74) is 6.57. The zero-order valence-electron chi connectivity index (χ0n) is 8.29. The van der Waals surface area contributed by atoms with Gasteiger partial charge in [0.1, 0.15) is 0 Å². The monoisotopic (exact) mass is 251 g/mol. The van der Waals surface area contributed by atoms with Crippen molar-refractivity contribution in [2.45, 2.75) is 6.04 Å². The second-order valence-corrected chi connectivity index (χ2v) is 4.65. The van der Waals surface area contributed by atoms with Crippen LogP contribution in [0, 0.1) is 0 Å². The van der Waals surface area contributed by atoms with Gasteiger partial charge >= 0.3 is 0 Å². The summed E-state index contributed by atoms with van der Waals surface area (Å²) in [5, 5.41) is 0. The molecular formula is C9H14ClNO3S. The minimum atomic E-state index is -3.41. The molecule has 6 heteroatoms. The van der Waals surface area contributed by atoms with Gasteiger partial charge in [0, 0.05) is 0 Å². The molecule has 0 spiro atoms. The van der Waals surface area contributed by atoms with E-state index in [0.29, 0.717) is 0 Å². The quantitative estimate of drug-likeness (QED) is 0.814. The Balaban J connectivity index is 0.00000196. The summed E-state index contributed by atoms with van der Waals surface area (Å²) in [6, 6.07) is 8.80. The fourth-order valence-corrected chi connectivity index (χ4v) is 1.39. The summed E-state index contributed by atoms with van der Waals surface area (Å²) in [4.78, 5) is 0. The van der Waals surface area contributed by atoms with Crippen molar-refractivity contribution in [3.8, 4) is 0 Å². The molecule has 1 aromatic carbocycles. The zero-order chi connectivity index (χ0) is 10.6. The van der Waals surface area contributed by atoms with Crippen molar-refractivity contribution in [3.05, 3.63) is 35.9 Å². The second-order valence-electron chi connectivity index (χ2n) is 3.01. The van der Waals surface area contributed by atoms with Crippen LogP contribution in [0.5, 0.6) is 0 Å². The number of benzene rings is 1. The predicted octanol–water partition coefficient (Wildman–Crippen LogP) is 1.08. The highest BCUT2D eigenvalue weighted by Crippen LogP contribution is 2.10. The maximum absolute atomic E-state index is 10.7. The summed E-state index contributed by atoms with van der Waals surface area (Å²) in [7, 11) is -3.41. The molecule has 1 aromatic rings. The molecule has 1 atom stereocenters. The minimum absolute atomic E-state index is 0. The van der Waals surface area contributed by atoms with Crippen LogP contribution in [0.25, 0.3) is 0 Å². The van der Waals surface area contributed by atoms with Crippen molar-refractivity contribution in [2.24, 2.45) is 5.73 Å². The van der Waals surface area contributed by atoms with E-state index in [1.54, 1.807) is 0 Å². The van der Waals surface area contributed by atoms with E-state index in [2.05, 4.69) is 4.18 Å². The van der Waals surface area contributed by atoms with E-state index in [1.165, 1.54) is 0 Å². The molecule has 0 saturated carbocycles. The maximum atomic E-state index is 10.7. The molecule has 15 heavy (non-hydrogen) atoms. The lowest BCUT2D eigenvalue weighted by molar-refractivity contribution is 0.297. The zero-order valence-corrected chi connectivity index (χ0v) is 9.92. The van der Waals surface area contributed by atoms with Crippen molar-refractivity contribution in [1.82, 2.24) is 0 Å². The Morgan fingerprint density at radius 3 is 2.33 bits per heavy atom. The van der Waals surface area contributed by atoms with E-state index in [4.69, 9.17) is 5.73 Å². The first kappa shape index (κ1) is 14.4. The Morgan fingerprint density at radius 1 is 1.33 bits per heavy atom. The molecule has 0 aliphatic rings. The predicted molar refractivity (Wildman–Crippen MR) is 61.4 cm³/mol. The number of hydrogen-bond donors (Lipinski definition) is 1. The fraction of sp³-hybridized carbons (Fsp3) is 0.333. The van der Waals surface area contributed by atoms with Crippen LogP contribution >= 0.6 is 12.4 Å². The molecule has 0 radical (unpaired) electrons. The number of hydrogen-bond acceptors (Lipinski definition) is 4. The van der Waals surface area contributed by atoms with Crippen LogP contribution in [0.2, 0.25) is 0 Å². The van der Waals surface area contributed by atoms with Crippen molar-refractivity contribution in [1.29, 1.82) is 0 Å². The summed E-state index contributed by atoms with van der Waals surface area (Å²) >= 11 is 0. The average molecular weight is 252 g/mol. The van der Waals surface area contributed by atoms with E-state index in [9.17, 15) is 8.42 Å². The highest BCUT2D eigenvalue weighted by Gasteiger charge is 2.09. The van der Waals surface area contributed by atoms with Crippen LogP contribution in [0.4, 0.5) is 0 Å². The molecule has 0 saturated heterocycles. The van der Waals surface area contributed by atoms with E-state index >= 15 is 0 Å². The van der Waals surface area contributed by atoms with Gasteiger partial charge in [-0.25, -0.2) is 0 Å². The van der Waals surface area contributed by atoms with Gasteiger partial charge in [-0.15, -0.1) is 12.4 Å². The van der Waals surface area contributed by atoms with Gasteiger partial charge < -0.3 is 5.73 Å². The van der Waals surface area contributed by atoms with E-state index in [0.717, 1.165) is 11.8 Å². The average Bonchev–Trinajstić information content (AvgIpc) is 2.14. The fourth-order valence-electron chi connectivity index (χ4n) is 0.993. The van der Waals surface area contributed by atoms with Gasteiger partial charge in [-0.2, -0.15) is 8.42 Å². The van der Waals surface area contributed by atoms with Gasteiger partial charge in [0.25, 0.3) is 10.1 Å². The normalized spacial score (nSPS) is 12.9. The number of nitrogens with two attached hydrogens (primary N) is 1. The second kappa shape index (κ2) is 6.07. The Kier molecular flexibility index (Phi) is 5.82. The molecule has 0 aliphatic carbocycles. The highest BCUT2D eigenvalue weighted by molar-refractivity contribution is 7.85. The topological polar surface area (TPSA) is 69.4 Å². The van der Waals surface area contributed by atoms with Gasteiger partial charge in [0.15, 0.2) is 0 Å². The summed E-state index contributed by atoms with van der Waals surface area (Å²) in [5.74, 6) is 0. The first-order chi connectivity index (χ1) is 6.49. The SMILES string of the molecule is CS(=O)(=O)OC[C@H](N)c1ccccc1.Cl. The first-order valence-corrected chi connectivity index (χ1v) is 5.95. The van der Waals surface area contributed by atoms with Crippen molar-refractivity contribution in [2.75, 3.05) is 12.9 Å². The molecule has 0 amide bonds. The molecule has 86 valence electrons. The standard InChI is InChI=1S/C9H13NO3S.ClH/c1-14(11,12)13-7-9(10)8-5-3-2-4-6-8;/h2-6,9H,7,10H2,1H3;1H/t9-;/m0./s1. The number of rotatable bonds is 4. The summed E-state index contributed by atoms with van der Waals surface area (Å²) in [6.45, 7) is -0.0250. The Bertz CT molecular complexity index is 380. The molecule has 0 aromatic heterocycles. The molecule has 1 rings (SSSR count). The first-order valence-electron chi connectivity index (χ1n) is 4.14. The van der Waals surface area contributed by atoms with E-state index in [-0.39, 0.29) is 19.0 Å². The van der Waals surface area contributed by atoms with Crippen molar-refractivity contribution >= 4 is 22.5 Å². The Labute approximate surface area is 96.0 Å². The third kappa shape index (κ3) is 5.74. The highest BCUT2D eigenvalue weighted by atomic mass is 35.5. The lowest BCUT2D eigenvalue weighted by atomic mass is 10.1. The van der Waals surface area contributed by atoms with E-state index < -0.39 is 16.2 Å². The van der Waals surface area contributed by atoms with Gasteiger partial charge in [-0.05, 0) is 5.56 Å². The van der Waals surface area contributed by atoms with Crippen LogP contribution in [0.3, 0.4) is 0 Å². The maximum Gasteiger partial charge on any atom is 0.264 e. The molecule has 0 heterocycles. The van der Waals surface area contributed by atoms with Crippen molar-refractivity contribution in [3.63, 3.8) is 0 Å². The molecule has 0 aliphatic heterocycles. The summed E-state index contributed by atoms with van der Waals surface area (Å²) in [6.07, 6.45) is 1.00. The third-order valence-electron chi connectivity index (χ3n) is 1.69. The molecule has 0 fully saturated rings. The smallest absolute Gasteiger partial charge is 0.264 e. The Morgan fingerprint density at radius 2 is 1.87 bits per heavy atom. The minimum Gasteiger partial charge on any atom is -0.322 e. The van der Waals surface area contributed by atoms with Crippen LogP contribution in [-0.2, 0) is 14.3 Å². The molecule has 0 unspecified atom stereocenters. The van der Waals surface area contributed by atoms with Crippen LogP contribution < -0.4 is 5.73 Å². The van der Waals surface area contributed by atoms with Gasteiger partial charge in [0.2, 0.25) is 0 Å². The largest absolute Gasteiger partial charge is 0.322 e. The van der Waals surface area contributed by atoms with Gasteiger partial charge in [-0.3, -0.25) is 4.18 Å². The molecular weight excluding hydrogens is 238 g/mol. The molecule has 0 bridgehead atoms. The van der Waals surface area contributed by atoms with Crippen LogP contribution in [0.15, 0.2) is 30.3 Å². The molecule has 4 nitrogen and oxygen atoms in total. The lowest BCUT2D eigenvalue weighted by Crippen LogP contribution is -2.19. The number of halogens is 1. The van der Waals surface area contributed by atoms with Gasteiger partial charge in [0.05, 0.1) is 18.9 Å². The Hall–Kier alpha value is -0.620. The van der Waals surface area contributed by atoms with E-state index in [1.807, 2.05) is 30.3 Å². The van der Waals surface area contributed by atoms with Gasteiger partial charge in [-0.1, -0.05) is 30.3 Å². The third-order valence-corrected chi connectivity index (χ3v) is 2.25. The van der Waals surface area contributed by atoms with Crippen LogP contribution in [0.1, 0.15) is 11.6 Å². The van der Waals surface area contributed by atoms with Crippen LogP contribution in [-0.4, -0.2) is 21.3 Å².